The smallest absolute Gasteiger partial charge is 0.0713 e. The molecule has 0 bridgehead atoms. The Hall–Kier alpha value is -0.830. The molecule has 3 heteroatoms. The van der Waals surface area contributed by atoms with Crippen molar-refractivity contribution in [3.05, 3.63) is 17.5 Å². The molecule has 0 radical (unpaired) electrons. The summed E-state index contributed by atoms with van der Waals surface area (Å²) in [7, 11) is 0. The summed E-state index contributed by atoms with van der Waals surface area (Å²) in [4.78, 5) is 0. The zero-order valence-corrected chi connectivity index (χ0v) is 14.7. The molecule has 1 fully saturated rings. The Morgan fingerprint density at radius 1 is 1.10 bits per heavy atom. The van der Waals surface area contributed by atoms with Crippen LogP contribution in [0.15, 0.2) is 6.07 Å². The topological polar surface area (TPSA) is 38.0 Å². The van der Waals surface area contributed by atoms with Gasteiger partial charge >= 0.3 is 0 Å². The molecule has 0 aliphatic heterocycles. The van der Waals surface area contributed by atoms with Crippen molar-refractivity contribution in [2.24, 2.45) is 10.8 Å². The summed E-state index contributed by atoms with van der Waals surface area (Å²) in [5.41, 5.74) is 2.10. The van der Waals surface area contributed by atoms with E-state index < -0.39 is 5.60 Å². The van der Waals surface area contributed by atoms with Gasteiger partial charge in [0.2, 0.25) is 0 Å². The van der Waals surface area contributed by atoms with Crippen LogP contribution in [0.4, 0.5) is 0 Å². The van der Waals surface area contributed by atoms with E-state index in [1.54, 1.807) is 0 Å². The highest BCUT2D eigenvalue weighted by molar-refractivity contribution is 5.15. The minimum atomic E-state index is -0.608. The van der Waals surface area contributed by atoms with Crippen LogP contribution in [0.5, 0.6) is 0 Å². The van der Waals surface area contributed by atoms with Crippen molar-refractivity contribution < 1.29 is 5.11 Å². The molecule has 0 unspecified atom stereocenters. The molecular weight excluding hydrogens is 260 g/mol. The van der Waals surface area contributed by atoms with Gasteiger partial charge in [-0.25, -0.2) is 0 Å². The van der Waals surface area contributed by atoms with E-state index in [0.717, 1.165) is 37.9 Å². The number of rotatable bonds is 4. The standard InChI is InChI=1S/C18H32N2O/c1-7-14-9-15(20(8-2)19-14)10-18(21)12-16(3,4)11-17(5,6)13-18/h9,21H,7-8,10-13H2,1-6H3. The van der Waals surface area contributed by atoms with E-state index in [0.29, 0.717) is 0 Å². The van der Waals surface area contributed by atoms with E-state index in [4.69, 9.17) is 0 Å². The molecule has 2 rings (SSSR count). The lowest BCUT2D eigenvalue weighted by Crippen LogP contribution is -2.47. The van der Waals surface area contributed by atoms with E-state index in [1.807, 2.05) is 0 Å². The van der Waals surface area contributed by atoms with Gasteiger partial charge in [0.25, 0.3) is 0 Å². The van der Waals surface area contributed by atoms with E-state index in [1.165, 1.54) is 12.1 Å². The third-order valence-electron chi connectivity index (χ3n) is 4.66. The van der Waals surface area contributed by atoms with Gasteiger partial charge in [0.15, 0.2) is 0 Å². The number of hydrogen-bond acceptors (Lipinski definition) is 2. The zero-order chi connectivity index (χ0) is 15.9. The molecule has 120 valence electrons. The molecule has 1 heterocycles. The summed E-state index contributed by atoms with van der Waals surface area (Å²) in [6, 6.07) is 2.18. The van der Waals surface area contributed by atoms with Gasteiger partial charge in [-0.1, -0.05) is 34.6 Å². The molecule has 1 aliphatic rings. The van der Waals surface area contributed by atoms with Crippen molar-refractivity contribution in [3.63, 3.8) is 0 Å². The maximum atomic E-state index is 11.3. The summed E-state index contributed by atoms with van der Waals surface area (Å²) < 4.78 is 2.06. The highest BCUT2D eigenvalue weighted by Crippen LogP contribution is 2.51. The van der Waals surface area contributed by atoms with Gasteiger partial charge in [0.1, 0.15) is 0 Å². The molecule has 0 amide bonds. The first-order chi connectivity index (χ1) is 9.58. The van der Waals surface area contributed by atoms with Crippen LogP contribution >= 0.6 is 0 Å². The van der Waals surface area contributed by atoms with Crippen LogP contribution in [-0.2, 0) is 19.4 Å². The Balaban J connectivity index is 2.26. The summed E-state index contributed by atoms with van der Waals surface area (Å²) in [5.74, 6) is 0. The van der Waals surface area contributed by atoms with Crippen LogP contribution in [0, 0.1) is 10.8 Å². The number of aromatic nitrogens is 2. The molecule has 0 aromatic carbocycles. The minimum Gasteiger partial charge on any atom is -0.389 e. The number of hydrogen-bond donors (Lipinski definition) is 1. The third kappa shape index (κ3) is 3.88. The molecule has 21 heavy (non-hydrogen) atoms. The van der Waals surface area contributed by atoms with Crippen LogP contribution in [0.3, 0.4) is 0 Å². The Labute approximate surface area is 129 Å². The van der Waals surface area contributed by atoms with Crippen LogP contribution in [-0.4, -0.2) is 20.5 Å². The summed E-state index contributed by atoms with van der Waals surface area (Å²) >= 11 is 0. The molecule has 1 aliphatic carbocycles. The second-order valence-corrected chi connectivity index (χ2v) is 8.56. The quantitative estimate of drug-likeness (QED) is 0.911. The maximum Gasteiger partial charge on any atom is 0.0713 e. The number of aliphatic hydroxyl groups is 1. The summed E-state index contributed by atoms with van der Waals surface area (Å²) in [6.45, 7) is 14.3. The average molecular weight is 292 g/mol. The molecule has 1 saturated carbocycles. The number of nitrogens with zero attached hydrogens (tertiary/aromatic N) is 2. The number of aryl methyl sites for hydroxylation is 2. The van der Waals surface area contributed by atoms with Gasteiger partial charge in [0, 0.05) is 18.7 Å². The first-order valence-corrected chi connectivity index (χ1v) is 8.36. The first-order valence-electron chi connectivity index (χ1n) is 8.36. The van der Waals surface area contributed by atoms with Crippen molar-refractivity contribution in [1.82, 2.24) is 9.78 Å². The summed E-state index contributed by atoms with van der Waals surface area (Å²) in [6.07, 6.45) is 4.60. The van der Waals surface area contributed by atoms with Gasteiger partial charge in [-0.3, -0.25) is 4.68 Å². The fourth-order valence-corrected chi connectivity index (χ4v) is 4.83. The lowest BCUT2D eigenvalue weighted by Gasteiger charge is -2.49. The van der Waals surface area contributed by atoms with E-state index >= 15 is 0 Å². The second-order valence-electron chi connectivity index (χ2n) is 8.56. The highest BCUT2D eigenvalue weighted by atomic mass is 16.3. The van der Waals surface area contributed by atoms with Gasteiger partial charge in [-0.2, -0.15) is 5.10 Å². The molecule has 1 aromatic heterocycles. The Morgan fingerprint density at radius 2 is 1.67 bits per heavy atom. The first kappa shape index (κ1) is 16.5. The SMILES string of the molecule is CCc1cc(CC2(O)CC(C)(C)CC(C)(C)C2)n(CC)n1. The summed E-state index contributed by atoms with van der Waals surface area (Å²) in [5, 5.41) is 15.9. The van der Waals surface area contributed by atoms with Gasteiger partial charge in [-0.15, -0.1) is 0 Å². The van der Waals surface area contributed by atoms with Gasteiger partial charge in [0.05, 0.1) is 11.3 Å². The third-order valence-corrected chi connectivity index (χ3v) is 4.66. The second kappa shape index (κ2) is 5.42. The lowest BCUT2D eigenvalue weighted by molar-refractivity contribution is -0.0860. The van der Waals surface area contributed by atoms with Crippen LogP contribution in [0.2, 0.25) is 0 Å². The maximum absolute atomic E-state index is 11.3. The van der Waals surface area contributed by atoms with Crippen molar-refractivity contribution in [1.29, 1.82) is 0 Å². The average Bonchev–Trinajstić information content (AvgIpc) is 2.65. The molecular formula is C18H32N2O. The van der Waals surface area contributed by atoms with Crippen LogP contribution in [0.25, 0.3) is 0 Å². The van der Waals surface area contributed by atoms with E-state index in [9.17, 15) is 5.11 Å². The van der Waals surface area contributed by atoms with Crippen molar-refractivity contribution in [3.8, 4) is 0 Å². The zero-order valence-electron chi connectivity index (χ0n) is 14.7. The largest absolute Gasteiger partial charge is 0.389 e. The normalized spacial score (nSPS) is 23.2. The Morgan fingerprint density at radius 3 is 2.14 bits per heavy atom. The lowest BCUT2D eigenvalue weighted by atomic mass is 9.59. The fraction of sp³-hybridized carbons (Fsp3) is 0.833. The Kier molecular flexibility index (Phi) is 4.27. The van der Waals surface area contributed by atoms with Crippen molar-refractivity contribution in [2.75, 3.05) is 0 Å². The molecule has 1 aromatic rings. The minimum absolute atomic E-state index is 0.196. The monoisotopic (exact) mass is 292 g/mol. The molecule has 0 spiro atoms. The molecule has 1 N–H and O–H groups in total. The molecule has 3 nitrogen and oxygen atoms in total. The van der Waals surface area contributed by atoms with Gasteiger partial charge < -0.3 is 5.11 Å². The fourth-order valence-electron chi connectivity index (χ4n) is 4.83. The van der Waals surface area contributed by atoms with Crippen molar-refractivity contribution >= 4 is 0 Å². The van der Waals surface area contributed by atoms with Crippen LogP contribution < -0.4 is 0 Å². The Bertz CT molecular complexity index is 483. The predicted octanol–water partition coefficient (Wildman–Crippen LogP) is 3.98. The van der Waals surface area contributed by atoms with Crippen LogP contribution in [0.1, 0.15) is 72.2 Å². The van der Waals surface area contributed by atoms with Gasteiger partial charge in [-0.05, 0) is 49.5 Å². The highest BCUT2D eigenvalue weighted by Gasteiger charge is 2.46. The molecule has 0 atom stereocenters. The van der Waals surface area contributed by atoms with Crippen molar-refractivity contribution in [2.45, 2.75) is 85.8 Å². The predicted molar refractivity (Wildman–Crippen MR) is 87.3 cm³/mol. The molecule has 0 saturated heterocycles. The van der Waals surface area contributed by atoms with E-state index in [-0.39, 0.29) is 10.8 Å². The van der Waals surface area contributed by atoms with E-state index in [2.05, 4.69) is 57.4 Å².